The Balaban J connectivity index is 0.969. The molecule has 56 heavy (non-hydrogen) atoms. The minimum atomic E-state index is 1.10. The monoisotopic (exact) mass is 731 g/mol. The van der Waals surface area contributed by atoms with Crippen LogP contribution in [-0.4, -0.2) is 4.57 Å². The second-order valence-corrected chi connectivity index (χ2v) is 15.9. The van der Waals surface area contributed by atoms with Gasteiger partial charge < -0.3 is 4.57 Å². The zero-order chi connectivity index (χ0) is 37.0. The standard InChI is InChI=1S/C54H37NS/c1-3-12-36(13-4-1)38-16-9-17-39(30-38)40-18-10-19-41(31-40)42-20-11-21-43(32-42)45-25-28-53-49(34-45)50-35-46(26-29-54(50)56-53)55-51-23-8-7-22-47(51)48-33-44(24-27-52(48)55)37-14-5-2-6-15-37/h1,3-5,7-35H,2,6H2. The van der Waals surface area contributed by atoms with Crippen molar-refractivity contribution in [3.8, 4) is 50.2 Å². The molecule has 0 saturated heterocycles. The molecule has 0 spiro atoms. The lowest BCUT2D eigenvalue weighted by atomic mass is 9.94. The molecule has 0 bridgehead atoms. The first-order chi connectivity index (χ1) is 27.7. The maximum atomic E-state index is 2.45. The molecule has 0 atom stereocenters. The maximum absolute atomic E-state index is 2.45. The molecule has 1 aliphatic carbocycles. The van der Waals surface area contributed by atoms with Crippen LogP contribution in [0.5, 0.6) is 0 Å². The van der Waals surface area contributed by atoms with Gasteiger partial charge >= 0.3 is 0 Å². The van der Waals surface area contributed by atoms with Crippen LogP contribution < -0.4 is 0 Å². The van der Waals surface area contributed by atoms with Crippen LogP contribution in [0.1, 0.15) is 18.4 Å². The van der Waals surface area contributed by atoms with Gasteiger partial charge in [-0.05, 0) is 135 Å². The summed E-state index contributed by atoms with van der Waals surface area (Å²) in [5.41, 5.74) is 16.0. The summed E-state index contributed by atoms with van der Waals surface area (Å²) >= 11 is 1.87. The fourth-order valence-electron chi connectivity index (χ4n) is 8.61. The van der Waals surface area contributed by atoms with Gasteiger partial charge in [0.25, 0.3) is 0 Å². The maximum Gasteiger partial charge on any atom is 0.0541 e. The van der Waals surface area contributed by atoms with Gasteiger partial charge in [-0.25, -0.2) is 0 Å². The number of allylic oxidation sites excluding steroid dienone is 4. The van der Waals surface area contributed by atoms with Crippen molar-refractivity contribution in [2.45, 2.75) is 12.8 Å². The number of hydrogen-bond donors (Lipinski definition) is 0. The number of rotatable bonds is 6. The molecule has 2 aromatic heterocycles. The fraction of sp³-hybridized carbons (Fsp3) is 0.0370. The summed E-state index contributed by atoms with van der Waals surface area (Å²) in [6.07, 6.45) is 9.16. The van der Waals surface area contributed by atoms with Gasteiger partial charge in [0.05, 0.1) is 11.0 Å². The highest BCUT2D eigenvalue weighted by Crippen LogP contribution is 2.41. The van der Waals surface area contributed by atoms with E-state index in [-0.39, 0.29) is 0 Å². The van der Waals surface area contributed by atoms with E-state index in [1.165, 1.54) is 103 Å². The average Bonchev–Trinajstić information content (AvgIpc) is 3.81. The van der Waals surface area contributed by atoms with E-state index < -0.39 is 0 Å². The molecule has 2 heterocycles. The molecular weight excluding hydrogens is 695 g/mol. The van der Waals surface area contributed by atoms with Crippen molar-refractivity contribution in [2.24, 2.45) is 0 Å². The lowest BCUT2D eigenvalue weighted by Gasteiger charge is -2.11. The molecule has 264 valence electrons. The van der Waals surface area contributed by atoms with Gasteiger partial charge in [0.2, 0.25) is 0 Å². The zero-order valence-electron chi connectivity index (χ0n) is 30.8. The van der Waals surface area contributed by atoms with Gasteiger partial charge in [-0.3, -0.25) is 0 Å². The number of nitrogens with zero attached hydrogens (tertiary/aromatic N) is 1. The van der Waals surface area contributed by atoms with Crippen LogP contribution in [0.3, 0.4) is 0 Å². The van der Waals surface area contributed by atoms with Crippen LogP contribution in [0.25, 0.3) is 97.7 Å². The number of aromatic nitrogens is 1. The molecule has 1 nitrogen and oxygen atoms in total. The molecule has 10 aromatic rings. The Morgan fingerprint density at radius 2 is 0.893 bits per heavy atom. The summed E-state index contributed by atoms with van der Waals surface area (Å²) in [5.74, 6) is 0. The molecule has 0 unspecified atom stereocenters. The van der Waals surface area contributed by atoms with Gasteiger partial charge in [-0.15, -0.1) is 11.3 Å². The van der Waals surface area contributed by atoms with Crippen LogP contribution in [0.2, 0.25) is 0 Å². The Bertz CT molecular complexity index is 3190. The summed E-state index contributed by atoms with van der Waals surface area (Å²) in [7, 11) is 0. The number of para-hydroxylation sites is 1. The molecule has 0 aliphatic heterocycles. The molecular formula is C54H37NS. The Labute approximate surface area is 330 Å². The van der Waals surface area contributed by atoms with Crippen molar-refractivity contribution in [3.63, 3.8) is 0 Å². The van der Waals surface area contributed by atoms with Crippen LogP contribution in [0.4, 0.5) is 0 Å². The van der Waals surface area contributed by atoms with Gasteiger partial charge in [0.15, 0.2) is 0 Å². The van der Waals surface area contributed by atoms with Crippen LogP contribution in [-0.2, 0) is 0 Å². The third-order valence-corrected chi connectivity index (χ3v) is 12.6. The van der Waals surface area contributed by atoms with E-state index in [0.717, 1.165) is 12.8 Å². The molecule has 8 aromatic carbocycles. The Hall–Kier alpha value is -6.74. The molecule has 0 amide bonds. The van der Waals surface area contributed by atoms with Gasteiger partial charge in [0, 0.05) is 36.6 Å². The third-order valence-electron chi connectivity index (χ3n) is 11.4. The normalized spacial score (nSPS) is 12.9. The Morgan fingerprint density at radius 3 is 1.57 bits per heavy atom. The molecule has 0 saturated carbocycles. The number of fused-ring (bicyclic) bond motifs is 6. The summed E-state index contributed by atoms with van der Waals surface area (Å²) in [4.78, 5) is 0. The first-order valence-corrected chi connectivity index (χ1v) is 20.3. The molecule has 0 N–H and O–H groups in total. The van der Waals surface area contributed by atoms with Gasteiger partial charge in [0.1, 0.15) is 0 Å². The van der Waals surface area contributed by atoms with Crippen LogP contribution >= 0.6 is 11.3 Å². The molecule has 0 fully saturated rings. The van der Waals surface area contributed by atoms with E-state index in [4.69, 9.17) is 0 Å². The zero-order valence-corrected chi connectivity index (χ0v) is 31.6. The molecule has 1 aliphatic rings. The van der Waals surface area contributed by atoms with E-state index >= 15 is 0 Å². The van der Waals surface area contributed by atoms with Crippen molar-refractivity contribution in [2.75, 3.05) is 0 Å². The summed E-state index contributed by atoms with van der Waals surface area (Å²) < 4.78 is 5.06. The molecule has 11 rings (SSSR count). The third kappa shape index (κ3) is 5.70. The summed E-state index contributed by atoms with van der Waals surface area (Å²) in [5, 5.41) is 5.18. The van der Waals surface area contributed by atoms with Crippen molar-refractivity contribution >= 4 is 58.9 Å². The minimum absolute atomic E-state index is 1.10. The lowest BCUT2D eigenvalue weighted by Crippen LogP contribution is -1.93. The fourth-order valence-corrected chi connectivity index (χ4v) is 9.67. The summed E-state index contributed by atoms with van der Waals surface area (Å²) in [6, 6.07) is 67.2. The molecule has 0 radical (unpaired) electrons. The van der Waals surface area contributed by atoms with Crippen molar-refractivity contribution in [3.05, 3.63) is 206 Å². The highest BCUT2D eigenvalue weighted by molar-refractivity contribution is 7.25. The van der Waals surface area contributed by atoms with E-state index in [9.17, 15) is 0 Å². The van der Waals surface area contributed by atoms with Crippen LogP contribution in [0, 0.1) is 0 Å². The topological polar surface area (TPSA) is 4.93 Å². The number of benzene rings is 8. The second kappa shape index (κ2) is 13.5. The van der Waals surface area contributed by atoms with Crippen molar-refractivity contribution in [1.82, 2.24) is 4.57 Å². The largest absolute Gasteiger partial charge is 0.309 e. The van der Waals surface area contributed by atoms with E-state index in [1.807, 2.05) is 11.3 Å². The first kappa shape index (κ1) is 32.7. The Morgan fingerprint density at radius 1 is 0.357 bits per heavy atom. The second-order valence-electron chi connectivity index (χ2n) is 14.8. The number of hydrogen-bond acceptors (Lipinski definition) is 1. The van der Waals surface area contributed by atoms with E-state index in [2.05, 4.69) is 205 Å². The molecule has 2 heteroatoms. The SMILES string of the molecule is C1=CC(c2ccc3c(c2)c2ccccc2n3-c2ccc3sc4ccc(-c5cccc(-c6cccc(-c7cccc(-c8ccccc8)c7)c6)c5)cc4c3c2)=CCC1. The van der Waals surface area contributed by atoms with E-state index in [1.54, 1.807) is 0 Å². The summed E-state index contributed by atoms with van der Waals surface area (Å²) in [6.45, 7) is 0. The minimum Gasteiger partial charge on any atom is -0.309 e. The highest BCUT2D eigenvalue weighted by atomic mass is 32.1. The van der Waals surface area contributed by atoms with Crippen molar-refractivity contribution < 1.29 is 0 Å². The van der Waals surface area contributed by atoms with Gasteiger partial charge in [-0.1, -0.05) is 133 Å². The quantitative estimate of drug-likeness (QED) is 0.160. The highest BCUT2D eigenvalue weighted by Gasteiger charge is 2.16. The number of thiophene rings is 1. The van der Waals surface area contributed by atoms with Gasteiger partial charge in [-0.2, -0.15) is 0 Å². The van der Waals surface area contributed by atoms with E-state index in [0.29, 0.717) is 0 Å². The predicted octanol–water partition coefficient (Wildman–Crippen LogP) is 15.6. The average molecular weight is 732 g/mol. The van der Waals surface area contributed by atoms with Crippen LogP contribution in [0.15, 0.2) is 200 Å². The predicted molar refractivity (Wildman–Crippen MR) is 242 cm³/mol. The smallest absolute Gasteiger partial charge is 0.0541 e. The Kier molecular flexibility index (Phi) is 7.89. The lowest BCUT2D eigenvalue weighted by molar-refractivity contribution is 1.04. The van der Waals surface area contributed by atoms with Crippen molar-refractivity contribution in [1.29, 1.82) is 0 Å². The first-order valence-electron chi connectivity index (χ1n) is 19.5.